The highest BCUT2D eigenvalue weighted by molar-refractivity contribution is 5.64. The number of hydrogen-bond acceptors (Lipinski definition) is 5. The van der Waals surface area contributed by atoms with Crippen molar-refractivity contribution >= 4 is 5.69 Å². The summed E-state index contributed by atoms with van der Waals surface area (Å²) in [5.41, 5.74) is 6.97. The quantitative estimate of drug-likeness (QED) is 0.748. The standard InChI is InChI=1S/C15H12FN3O2/c1-20-11-4-2-3-9(7-11)14-18-15(21-19-14)12-8-10(17)5-6-13(12)16/h2-8H,17H2,1H3. The molecule has 0 aliphatic heterocycles. The summed E-state index contributed by atoms with van der Waals surface area (Å²) in [6, 6.07) is 11.4. The fourth-order valence-corrected chi connectivity index (χ4v) is 1.92. The van der Waals surface area contributed by atoms with Gasteiger partial charge in [0.25, 0.3) is 5.89 Å². The third-order valence-corrected chi connectivity index (χ3v) is 2.97. The second-order valence-corrected chi connectivity index (χ2v) is 4.39. The van der Waals surface area contributed by atoms with Crippen LogP contribution in [0.4, 0.5) is 10.1 Å². The van der Waals surface area contributed by atoms with Crippen LogP contribution < -0.4 is 10.5 Å². The maximum absolute atomic E-state index is 13.8. The van der Waals surface area contributed by atoms with Gasteiger partial charge in [0.2, 0.25) is 5.82 Å². The van der Waals surface area contributed by atoms with Crippen LogP contribution in [-0.4, -0.2) is 17.3 Å². The zero-order valence-electron chi connectivity index (χ0n) is 11.2. The average molecular weight is 285 g/mol. The van der Waals surface area contributed by atoms with Crippen molar-refractivity contribution in [2.75, 3.05) is 12.8 Å². The van der Waals surface area contributed by atoms with Crippen molar-refractivity contribution in [3.8, 4) is 28.6 Å². The van der Waals surface area contributed by atoms with E-state index in [0.717, 1.165) is 0 Å². The van der Waals surface area contributed by atoms with Crippen molar-refractivity contribution < 1.29 is 13.7 Å². The molecule has 3 aromatic rings. The number of anilines is 1. The van der Waals surface area contributed by atoms with Gasteiger partial charge in [0.1, 0.15) is 11.6 Å². The summed E-state index contributed by atoms with van der Waals surface area (Å²) in [7, 11) is 1.57. The first kappa shape index (κ1) is 13.1. The Kier molecular flexibility index (Phi) is 3.27. The van der Waals surface area contributed by atoms with Crippen LogP contribution in [0.25, 0.3) is 22.8 Å². The average Bonchev–Trinajstić information content (AvgIpc) is 2.99. The van der Waals surface area contributed by atoms with Gasteiger partial charge in [-0.25, -0.2) is 4.39 Å². The molecular formula is C15H12FN3O2. The molecule has 0 radical (unpaired) electrons. The highest BCUT2D eigenvalue weighted by Crippen LogP contribution is 2.27. The zero-order chi connectivity index (χ0) is 14.8. The molecule has 6 heteroatoms. The monoisotopic (exact) mass is 285 g/mol. The van der Waals surface area contributed by atoms with Gasteiger partial charge in [-0.1, -0.05) is 17.3 Å². The van der Waals surface area contributed by atoms with Gasteiger partial charge in [-0.05, 0) is 30.3 Å². The maximum atomic E-state index is 13.8. The van der Waals surface area contributed by atoms with E-state index in [-0.39, 0.29) is 11.5 Å². The van der Waals surface area contributed by atoms with Crippen LogP contribution >= 0.6 is 0 Å². The molecule has 0 atom stereocenters. The summed E-state index contributed by atoms with van der Waals surface area (Å²) in [5.74, 6) is 0.641. The number of benzene rings is 2. The van der Waals surface area contributed by atoms with Gasteiger partial charge in [0.05, 0.1) is 12.7 Å². The van der Waals surface area contributed by atoms with Crippen LogP contribution in [-0.2, 0) is 0 Å². The highest BCUT2D eigenvalue weighted by Gasteiger charge is 2.15. The lowest BCUT2D eigenvalue weighted by molar-refractivity contribution is 0.414. The molecule has 106 valence electrons. The summed E-state index contributed by atoms with van der Waals surface area (Å²) < 4.78 is 24.0. The summed E-state index contributed by atoms with van der Waals surface area (Å²) in [4.78, 5) is 4.20. The highest BCUT2D eigenvalue weighted by atomic mass is 19.1. The first-order valence-corrected chi connectivity index (χ1v) is 6.21. The Morgan fingerprint density at radius 2 is 2.05 bits per heavy atom. The molecule has 0 amide bonds. The lowest BCUT2D eigenvalue weighted by Crippen LogP contribution is -1.90. The Labute approximate surface area is 120 Å². The zero-order valence-corrected chi connectivity index (χ0v) is 11.2. The molecule has 2 aromatic carbocycles. The third-order valence-electron chi connectivity index (χ3n) is 2.97. The normalized spacial score (nSPS) is 10.6. The van der Waals surface area contributed by atoms with Gasteiger partial charge < -0.3 is 15.0 Å². The largest absolute Gasteiger partial charge is 0.497 e. The molecule has 0 saturated heterocycles. The third kappa shape index (κ3) is 2.55. The van der Waals surface area contributed by atoms with Crippen molar-refractivity contribution in [2.45, 2.75) is 0 Å². The van der Waals surface area contributed by atoms with Crippen molar-refractivity contribution in [2.24, 2.45) is 0 Å². The maximum Gasteiger partial charge on any atom is 0.261 e. The van der Waals surface area contributed by atoms with E-state index in [1.807, 2.05) is 18.2 Å². The van der Waals surface area contributed by atoms with Gasteiger partial charge in [0.15, 0.2) is 0 Å². The number of methoxy groups -OCH3 is 1. The predicted molar refractivity (Wildman–Crippen MR) is 76.1 cm³/mol. The number of rotatable bonds is 3. The molecule has 3 rings (SSSR count). The van der Waals surface area contributed by atoms with Crippen LogP contribution in [0.2, 0.25) is 0 Å². The molecule has 5 nitrogen and oxygen atoms in total. The van der Waals surface area contributed by atoms with Crippen LogP contribution in [0.5, 0.6) is 5.75 Å². The van der Waals surface area contributed by atoms with E-state index in [0.29, 0.717) is 22.8 Å². The van der Waals surface area contributed by atoms with Crippen LogP contribution in [0.3, 0.4) is 0 Å². The van der Waals surface area contributed by atoms with E-state index < -0.39 is 5.82 Å². The minimum Gasteiger partial charge on any atom is -0.497 e. The first-order valence-electron chi connectivity index (χ1n) is 6.21. The van der Waals surface area contributed by atoms with Crippen LogP contribution in [0.15, 0.2) is 47.0 Å². The summed E-state index contributed by atoms with van der Waals surface area (Å²) >= 11 is 0. The molecule has 2 N–H and O–H groups in total. The molecule has 21 heavy (non-hydrogen) atoms. The summed E-state index contributed by atoms with van der Waals surface area (Å²) in [5, 5.41) is 3.86. The number of nitrogens with two attached hydrogens (primary N) is 1. The number of hydrogen-bond donors (Lipinski definition) is 1. The number of aromatic nitrogens is 2. The fourth-order valence-electron chi connectivity index (χ4n) is 1.92. The van der Waals surface area contributed by atoms with Crippen LogP contribution in [0.1, 0.15) is 0 Å². The SMILES string of the molecule is COc1cccc(-c2noc(-c3cc(N)ccc3F)n2)c1. The lowest BCUT2D eigenvalue weighted by atomic mass is 10.2. The smallest absolute Gasteiger partial charge is 0.261 e. The molecule has 0 saturated carbocycles. The van der Waals surface area contributed by atoms with Gasteiger partial charge in [-0.3, -0.25) is 0 Å². The minimum atomic E-state index is -0.468. The number of nitrogens with zero attached hydrogens (tertiary/aromatic N) is 2. The summed E-state index contributed by atoms with van der Waals surface area (Å²) in [6.07, 6.45) is 0. The Morgan fingerprint density at radius 1 is 1.19 bits per heavy atom. The number of nitrogen functional groups attached to an aromatic ring is 1. The van der Waals surface area contributed by atoms with Crippen molar-refractivity contribution in [3.05, 3.63) is 48.3 Å². The van der Waals surface area contributed by atoms with E-state index in [1.165, 1.54) is 18.2 Å². The molecule has 1 heterocycles. The Morgan fingerprint density at radius 3 is 2.86 bits per heavy atom. The van der Waals surface area contributed by atoms with Gasteiger partial charge in [-0.2, -0.15) is 4.98 Å². The van der Waals surface area contributed by atoms with Crippen molar-refractivity contribution in [1.29, 1.82) is 0 Å². The van der Waals surface area contributed by atoms with Gasteiger partial charge >= 0.3 is 0 Å². The molecule has 0 fully saturated rings. The van der Waals surface area contributed by atoms with Crippen LogP contribution in [0, 0.1) is 5.82 Å². The molecule has 0 unspecified atom stereocenters. The van der Waals surface area contributed by atoms with E-state index in [2.05, 4.69) is 10.1 Å². The van der Waals surface area contributed by atoms with E-state index in [9.17, 15) is 4.39 Å². The summed E-state index contributed by atoms with van der Waals surface area (Å²) in [6.45, 7) is 0. The number of halogens is 1. The number of ether oxygens (including phenoxy) is 1. The molecule has 1 aromatic heterocycles. The molecular weight excluding hydrogens is 273 g/mol. The molecule has 0 bridgehead atoms. The fraction of sp³-hybridized carbons (Fsp3) is 0.0667. The van der Waals surface area contributed by atoms with Crippen molar-refractivity contribution in [1.82, 2.24) is 10.1 Å². The van der Waals surface area contributed by atoms with Gasteiger partial charge in [0, 0.05) is 11.3 Å². The lowest BCUT2D eigenvalue weighted by Gasteiger charge is -2.00. The Hall–Kier alpha value is -2.89. The minimum absolute atomic E-state index is 0.0811. The second-order valence-electron chi connectivity index (χ2n) is 4.39. The predicted octanol–water partition coefficient (Wildman–Crippen LogP) is 3.13. The first-order chi connectivity index (χ1) is 10.2. The topological polar surface area (TPSA) is 74.2 Å². The Balaban J connectivity index is 2.01. The van der Waals surface area contributed by atoms with E-state index in [4.69, 9.17) is 15.0 Å². The molecule has 0 aliphatic rings. The molecule has 0 aliphatic carbocycles. The van der Waals surface area contributed by atoms with E-state index >= 15 is 0 Å². The van der Waals surface area contributed by atoms with E-state index in [1.54, 1.807) is 13.2 Å². The Bertz CT molecular complexity index is 786. The second kappa shape index (κ2) is 5.24. The van der Waals surface area contributed by atoms with Gasteiger partial charge in [-0.15, -0.1) is 0 Å². The molecule has 0 spiro atoms. The van der Waals surface area contributed by atoms with Crippen molar-refractivity contribution in [3.63, 3.8) is 0 Å².